The largest absolute Gasteiger partial charge is 0.481 e. The van der Waals surface area contributed by atoms with Gasteiger partial charge in [0.2, 0.25) is 17.7 Å². The summed E-state index contributed by atoms with van der Waals surface area (Å²) in [4.78, 5) is 63.5. The predicted octanol–water partition coefficient (Wildman–Crippen LogP) is -2.55. The van der Waals surface area contributed by atoms with E-state index in [2.05, 4.69) is 20.9 Å². The molecule has 0 aromatic carbocycles. The number of rotatable bonds is 15. The first kappa shape index (κ1) is 29.6. The Morgan fingerprint density at radius 1 is 0.879 bits per heavy atom. The van der Waals surface area contributed by atoms with E-state index in [0.717, 1.165) is 0 Å². The van der Waals surface area contributed by atoms with Gasteiger partial charge < -0.3 is 43.4 Å². The summed E-state index contributed by atoms with van der Waals surface area (Å²) in [6.07, 6.45) is -0.0893. The molecular weight excluding hydrogens is 438 g/mol. The molecular formula is C19H35N7O7. The Morgan fingerprint density at radius 2 is 1.42 bits per heavy atom. The number of guanidine groups is 1. The third kappa shape index (κ3) is 12.9. The number of carboxylic acids is 2. The van der Waals surface area contributed by atoms with Gasteiger partial charge in [0.05, 0.1) is 12.5 Å². The van der Waals surface area contributed by atoms with Crippen molar-refractivity contribution in [3.8, 4) is 0 Å². The maximum atomic E-state index is 12.8. The molecule has 14 nitrogen and oxygen atoms in total. The lowest BCUT2D eigenvalue weighted by Gasteiger charge is -2.24. The molecule has 0 aliphatic heterocycles. The second kappa shape index (κ2) is 14.6. The van der Waals surface area contributed by atoms with E-state index in [0.29, 0.717) is 6.42 Å². The zero-order valence-electron chi connectivity index (χ0n) is 19.0. The smallest absolute Gasteiger partial charge is 0.325 e. The van der Waals surface area contributed by atoms with Crippen LogP contribution < -0.4 is 33.2 Å². The molecule has 4 unspecified atom stereocenters. The van der Waals surface area contributed by atoms with E-state index in [1.54, 1.807) is 0 Å². The first-order valence-corrected chi connectivity index (χ1v) is 10.4. The van der Waals surface area contributed by atoms with Crippen molar-refractivity contribution >= 4 is 35.6 Å². The lowest BCUT2D eigenvalue weighted by molar-refractivity contribution is -0.143. The highest BCUT2D eigenvalue weighted by Crippen LogP contribution is 2.06. The Hall–Kier alpha value is -3.42. The highest BCUT2D eigenvalue weighted by molar-refractivity contribution is 5.95. The first-order valence-electron chi connectivity index (χ1n) is 10.4. The van der Waals surface area contributed by atoms with Crippen LogP contribution in [0.4, 0.5) is 0 Å². The minimum Gasteiger partial charge on any atom is -0.481 e. The van der Waals surface area contributed by atoms with Gasteiger partial charge >= 0.3 is 11.9 Å². The van der Waals surface area contributed by atoms with Gasteiger partial charge in [-0.15, -0.1) is 0 Å². The molecule has 0 rings (SSSR count). The zero-order chi connectivity index (χ0) is 25.7. The van der Waals surface area contributed by atoms with Gasteiger partial charge in [-0.3, -0.25) is 29.0 Å². The van der Waals surface area contributed by atoms with Gasteiger partial charge in [-0.25, -0.2) is 0 Å². The Balaban J connectivity index is 5.47. The number of amides is 3. The van der Waals surface area contributed by atoms with Gasteiger partial charge in [0, 0.05) is 6.54 Å². The van der Waals surface area contributed by atoms with Crippen LogP contribution in [-0.4, -0.2) is 76.5 Å². The number of nitrogens with zero attached hydrogens (tertiary/aromatic N) is 1. The molecule has 0 aliphatic rings. The average Bonchev–Trinajstić information content (AvgIpc) is 2.68. The van der Waals surface area contributed by atoms with E-state index >= 15 is 0 Å². The van der Waals surface area contributed by atoms with Crippen molar-refractivity contribution in [1.29, 1.82) is 0 Å². The van der Waals surface area contributed by atoms with Gasteiger partial charge in [0.25, 0.3) is 0 Å². The summed E-state index contributed by atoms with van der Waals surface area (Å²) >= 11 is 0. The quantitative estimate of drug-likeness (QED) is 0.0701. The van der Waals surface area contributed by atoms with Gasteiger partial charge in [-0.2, -0.15) is 0 Å². The molecule has 0 aliphatic carbocycles. The third-order valence-electron chi connectivity index (χ3n) is 4.38. The Labute approximate surface area is 191 Å². The standard InChI is InChI=1S/C19H35N7O7/c1-9(2)7-11(20)15(29)25-12(5-4-6-23-19(21)22)16(30)26-13(8-14(27)28)17(31)24-10(3)18(32)33/h9-13H,4-8,20H2,1-3H3,(H,24,31)(H,25,29)(H,26,30)(H,27,28)(H,32,33)(H4,21,22,23). The highest BCUT2D eigenvalue weighted by Gasteiger charge is 2.30. The van der Waals surface area contributed by atoms with Gasteiger partial charge in [-0.1, -0.05) is 13.8 Å². The zero-order valence-corrected chi connectivity index (χ0v) is 19.0. The summed E-state index contributed by atoms with van der Waals surface area (Å²) in [6, 6.07) is -4.92. The molecule has 14 heteroatoms. The lowest BCUT2D eigenvalue weighted by Crippen LogP contribution is -2.57. The number of hydrogen-bond acceptors (Lipinski definition) is 7. The molecule has 0 fully saturated rings. The fraction of sp³-hybridized carbons (Fsp3) is 0.684. The van der Waals surface area contributed by atoms with Crippen LogP contribution >= 0.6 is 0 Å². The Morgan fingerprint density at radius 3 is 1.91 bits per heavy atom. The number of nitrogens with one attached hydrogen (secondary N) is 3. The molecule has 0 spiro atoms. The molecule has 11 N–H and O–H groups in total. The summed E-state index contributed by atoms with van der Waals surface area (Å²) in [7, 11) is 0. The van der Waals surface area contributed by atoms with Crippen molar-refractivity contribution in [2.24, 2.45) is 28.1 Å². The Kier molecular flexibility index (Phi) is 13.1. The third-order valence-corrected chi connectivity index (χ3v) is 4.38. The first-order chi connectivity index (χ1) is 15.2. The summed E-state index contributed by atoms with van der Waals surface area (Å²) in [6.45, 7) is 5.09. The maximum absolute atomic E-state index is 12.8. The molecule has 3 amide bonds. The van der Waals surface area contributed by atoms with E-state index in [-0.39, 0.29) is 31.3 Å². The van der Waals surface area contributed by atoms with Crippen molar-refractivity contribution in [2.75, 3.05) is 6.54 Å². The maximum Gasteiger partial charge on any atom is 0.325 e. The summed E-state index contributed by atoms with van der Waals surface area (Å²) in [5.41, 5.74) is 16.4. The van der Waals surface area contributed by atoms with Gasteiger partial charge in [0.1, 0.15) is 18.1 Å². The molecule has 0 saturated carbocycles. The molecule has 4 atom stereocenters. The number of aliphatic carboxylic acids is 2. The number of carboxylic acid groups (broad SMARTS) is 2. The summed E-state index contributed by atoms with van der Waals surface area (Å²) in [5.74, 6) is -5.19. The Bertz CT molecular complexity index is 738. The van der Waals surface area contributed by atoms with E-state index < -0.39 is 60.2 Å². The molecule has 0 aromatic rings. The van der Waals surface area contributed by atoms with Crippen molar-refractivity contribution in [1.82, 2.24) is 16.0 Å². The van der Waals surface area contributed by atoms with Crippen molar-refractivity contribution < 1.29 is 34.2 Å². The molecule has 0 bridgehead atoms. The highest BCUT2D eigenvalue weighted by atomic mass is 16.4. The van der Waals surface area contributed by atoms with E-state index in [1.807, 2.05) is 13.8 Å². The second-order valence-electron chi connectivity index (χ2n) is 7.97. The fourth-order valence-corrected chi connectivity index (χ4v) is 2.70. The van der Waals surface area contributed by atoms with Crippen LogP contribution in [0, 0.1) is 5.92 Å². The normalized spacial score (nSPS) is 14.3. The van der Waals surface area contributed by atoms with Crippen molar-refractivity contribution in [3.05, 3.63) is 0 Å². The number of hydrogen-bond donors (Lipinski definition) is 8. The van der Waals surface area contributed by atoms with Crippen LogP contribution in [0.3, 0.4) is 0 Å². The molecule has 0 radical (unpaired) electrons. The van der Waals surface area contributed by atoms with Crippen LogP contribution in [0.5, 0.6) is 0 Å². The predicted molar refractivity (Wildman–Crippen MR) is 119 cm³/mol. The number of nitrogens with two attached hydrogens (primary N) is 3. The van der Waals surface area contributed by atoms with E-state index in [1.165, 1.54) is 6.92 Å². The second-order valence-corrected chi connectivity index (χ2v) is 7.97. The van der Waals surface area contributed by atoms with E-state index in [4.69, 9.17) is 27.4 Å². The van der Waals surface area contributed by atoms with Crippen LogP contribution in [0.1, 0.15) is 46.5 Å². The van der Waals surface area contributed by atoms with Crippen molar-refractivity contribution in [3.63, 3.8) is 0 Å². The van der Waals surface area contributed by atoms with Crippen molar-refractivity contribution in [2.45, 2.75) is 70.6 Å². The van der Waals surface area contributed by atoms with Crippen LogP contribution in [-0.2, 0) is 24.0 Å². The topological polar surface area (TPSA) is 252 Å². The lowest BCUT2D eigenvalue weighted by atomic mass is 10.0. The number of carbonyl (C=O) groups excluding carboxylic acids is 3. The molecule has 0 heterocycles. The molecule has 0 saturated heterocycles. The van der Waals surface area contributed by atoms with Crippen LogP contribution in [0.25, 0.3) is 0 Å². The minimum atomic E-state index is -1.57. The molecule has 188 valence electrons. The SMILES string of the molecule is CC(C)CC(N)C(=O)NC(CCCN=C(N)N)C(=O)NC(CC(=O)O)C(=O)NC(C)C(=O)O. The minimum absolute atomic E-state index is 0.0652. The summed E-state index contributed by atoms with van der Waals surface area (Å²) < 4.78 is 0. The van der Waals surface area contributed by atoms with Crippen LogP contribution in [0.15, 0.2) is 4.99 Å². The summed E-state index contributed by atoms with van der Waals surface area (Å²) in [5, 5.41) is 24.9. The van der Waals surface area contributed by atoms with Gasteiger partial charge in [-0.05, 0) is 32.1 Å². The molecule has 0 aromatic heterocycles. The van der Waals surface area contributed by atoms with Crippen LogP contribution in [0.2, 0.25) is 0 Å². The van der Waals surface area contributed by atoms with Gasteiger partial charge in [0.15, 0.2) is 5.96 Å². The van der Waals surface area contributed by atoms with E-state index in [9.17, 15) is 24.0 Å². The monoisotopic (exact) mass is 473 g/mol. The average molecular weight is 474 g/mol. The molecule has 33 heavy (non-hydrogen) atoms. The number of aliphatic imine (C=N–C) groups is 1. The fourth-order valence-electron chi connectivity index (χ4n) is 2.70. The number of carbonyl (C=O) groups is 5.